The lowest BCUT2D eigenvalue weighted by Crippen LogP contribution is -2.38. The maximum absolute atomic E-state index is 14.9. The number of hydrogen-bond acceptors (Lipinski definition) is 5. The summed E-state index contributed by atoms with van der Waals surface area (Å²) in [4.78, 5) is 41.5. The fourth-order valence-electron chi connectivity index (χ4n) is 3.83. The van der Waals surface area contributed by atoms with Crippen molar-refractivity contribution in [3.05, 3.63) is 33.9 Å². The van der Waals surface area contributed by atoms with Crippen LogP contribution in [-0.2, 0) is 4.79 Å². The van der Waals surface area contributed by atoms with E-state index in [1.807, 2.05) is 6.92 Å². The van der Waals surface area contributed by atoms with Gasteiger partial charge in [0.15, 0.2) is 11.6 Å². The summed E-state index contributed by atoms with van der Waals surface area (Å²) < 4.78 is 16.5. The normalized spacial score (nSPS) is 21.9. The lowest BCUT2D eigenvalue weighted by Gasteiger charge is -2.20. The molecule has 0 radical (unpaired) electrons. The molecule has 1 saturated heterocycles. The minimum atomic E-state index is -1.34. The summed E-state index contributed by atoms with van der Waals surface area (Å²) in [6.07, 6.45) is 3.03. The zero-order chi connectivity index (χ0) is 20.2. The molecular weight excluding hydrogens is 367 g/mol. The SMILES string of the molecule is CC(=O)NC1CN(c2nc3c(cc2F)c(=O)c(C(=O)O)cn3C2CC2)CC1C. The second-order valence-corrected chi connectivity index (χ2v) is 7.67. The average Bonchev–Trinajstić information content (AvgIpc) is 3.39. The van der Waals surface area contributed by atoms with Crippen molar-refractivity contribution in [3.8, 4) is 0 Å². The zero-order valence-electron chi connectivity index (χ0n) is 15.6. The topological polar surface area (TPSA) is 105 Å². The van der Waals surface area contributed by atoms with Crippen LogP contribution in [0, 0.1) is 11.7 Å². The number of nitrogens with one attached hydrogen (secondary N) is 1. The molecule has 2 unspecified atom stereocenters. The van der Waals surface area contributed by atoms with Gasteiger partial charge in [0.1, 0.15) is 11.2 Å². The highest BCUT2D eigenvalue weighted by Crippen LogP contribution is 2.37. The Morgan fingerprint density at radius 3 is 2.64 bits per heavy atom. The molecule has 1 saturated carbocycles. The number of hydrogen-bond donors (Lipinski definition) is 2. The van der Waals surface area contributed by atoms with Crippen LogP contribution in [0.1, 0.15) is 43.1 Å². The Morgan fingerprint density at radius 1 is 1.32 bits per heavy atom. The van der Waals surface area contributed by atoms with Crippen LogP contribution in [0.2, 0.25) is 0 Å². The predicted octanol–water partition coefficient (Wildman–Crippen LogP) is 1.53. The third-order valence-corrected chi connectivity index (χ3v) is 5.41. The molecule has 8 nitrogen and oxygen atoms in total. The van der Waals surface area contributed by atoms with Crippen molar-refractivity contribution in [2.24, 2.45) is 5.92 Å². The number of rotatable bonds is 4. The quantitative estimate of drug-likeness (QED) is 0.823. The highest BCUT2D eigenvalue weighted by atomic mass is 19.1. The van der Waals surface area contributed by atoms with E-state index in [-0.39, 0.29) is 40.7 Å². The number of carbonyl (C=O) groups is 2. The van der Waals surface area contributed by atoms with Crippen LogP contribution in [-0.4, -0.2) is 45.7 Å². The lowest BCUT2D eigenvalue weighted by atomic mass is 10.1. The van der Waals surface area contributed by atoms with E-state index in [1.54, 1.807) is 9.47 Å². The predicted molar refractivity (Wildman–Crippen MR) is 100 cm³/mol. The van der Waals surface area contributed by atoms with Crippen LogP contribution in [0.3, 0.4) is 0 Å². The van der Waals surface area contributed by atoms with Crippen LogP contribution in [0.4, 0.5) is 10.2 Å². The van der Waals surface area contributed by atoms with Gasteiger partial charge in [0.2, 0.25) is 11.3 Å². The highest BCUT2D eigenvalue weighted by molar-refractivity contribution is 5.92. The molecule has 0 aromatic carbocycles. The van der Waals surface area contributed by atoms with E-state index < -0.39 is 17.2 Å². The van der Waals surface area contributed by atoms with Crippen LogP contribution in [0.25, 0.3) is 11.0 Å². The van der Waals surface area contributed by atoms with Crippen molar-refractivity contribution in [2.45, 2.75) is 38.8 Å². The van der Waals surface area contributed by atoms with Gasteiger partial charge in [-0.25, -0.2) is 14.2 Å². The van der Waals surface area contributed by atoms with Gasteiger partial charge in [0.05, 0.1) is 11.4 Å². The number of aromatic nitrogens is 2. The maximum atomic E-state index is 14.9. The second-order valence-electron chi connectivity index (χ2n) is 7.67. The van der Waals surface area contributed by atoms with Crippen LogP contribution in [0.15, 0.2) is 17.1 Å². The van der Waals surface area contributed by atoms with Crippen molar-refractivity contribution in [3.63, 3.8) is 0 Å². The van der Waals surface area contributed by atoms with E-state index in [0.717, 1.165) is 18.9 Å². The summed E-state index contributed by atoms with van der Waals surface area (Å²) >= 11 is 0. The van der Waals surface area contributed by atoms with Gasteiger partial charge >= 0.3 is 5.97 Å². The third-order valence-electron chi connectivity index (χ3n) is 5.41. The molecule has 2 atom stereocenters. The number of halogens is 1. The second kappa shape index (κ2) is 6.57. The van der Waals surface area contributed by atoms with E-state index in [1.165, 1.54) is 13.1 Å². The fraction of sp³-hybridized carbons (Fsp3) is 0.474. The summed E-state index contributed by atoms with van der Waals surface area (Å²) in [5, 5.41) is 12.1. The fourth-order valence-corrected chi connectivity index (χ4v) is 3.83. The highest BCUT2D eigenvalue weighted by Gasteiger charge is 2.34. The molecule has 4 rings (SSSR count). The molecule has 0 spiro atoms. The molecule has 148 valence electrons. The molecule has 2 aromatic rings. The average molecular weight is 388 g/mol. The van der Waals surface area contributed by atoms with Crippen LogP contribution in [0.5, 0.6) is 0 Å². The number of carboxylic acid groups (broad SMARTS) is 1. The van der Waals surface area contributed by atoms with Crippen LogP contribution >= 0.6 is 0 Å². The van der Waals surface area contributed by atoms with Crippen LogP contribution < -0.4 is 15.6 Å². The Kier molecular flexibility index (Phi) is 4.32. The largest absolute Gasteiger partial charge is 0.477 e. The first-order valence-electron chi connectivity index (χ1n) is 9.27. The van der Waals surface area contributed by atoms with E-state index >= 15 is 0 Å². The summed E-state index contributed by atoms with van der Waals surface area (Å²) in [5.74, 6) is -1.93. The number of nitrogens with zero attached hydrogens (tertiary/aromatic N) is 3. The molecule has 1 amide bonds. The van der Waals surface area contributed by atoms with Gasteiger partial charge in [0.25, 0.3) is 0 Å². The van der Waals surface area contributed by atoms with Gasteiger partial charge in [-0.2, -0.15) is 0 Å². The number of amides is 1. The monoisotopic (exact) mass is 388 g/mol. The number of carbonyl (C=O) groups excluding carboxylic acids is 1. The molecule has 2 N–H and O–H groups in total. The third kappa shape index (κ3) is 3.10. The van der Waals surface area contributed by atoms with Gasteiger partial charge in [-0.05, 0) is 24.8 Å². The maximum Gasteiger partial charge on any atom is 0.341 e. The van der Waals surface area contributed by atoms with Crippen molar-refractivity contribution < 1.29 is 19.1 Å². The molecule has 2 aliphatic rings. The van der Waals surface area contributed by atoms with Gasteiger partial charge < -0.3 is 19.9 Å². The Hall–Kier alpha value is -2.97. The van der Waals surface area contributed by atoms with E-state index in [9.17, 15) is 23.9 Å². The number of anilines is 1. The molecule has 9 heteroatoms. The lowest BCUT2D eigenvalue weighted by molar-refractivity contribution is -0.119. The zero-order valence-corrected chi connectivity index (χ0v) is 15.6. The van der Waals surface area contributed by atoms with Crippen molar-refractivity contribution in [1.29, 1.82) is 0 Å². The van der Waals surface area contributed by atoms with Crippen molar-refractivity contribution in [1.82, 2.24) is 14.9 Å². The van der Waals surface area contributed by atoms with Crippen molar-refractivity contribution >= 4 is 28.7 Å². The molecule has 28 heavy (non-hydrogen) atoms. The molecule has 2 aromatic heterocycles. The summed E-state index contributed by atoms with van der Waals surface area (Å²) in [7, 11) is 0. The van der Waals surface area contributed by atoms with Gasteiger partial charge in [-0.15, -0.1) is 0 Å². The van der Waals surface area contributed by atoms with Gasteiger partial charge in [-0.3, -0.25) is 9.59 Å². The standard InChI is InChI=1S/C19H21FN4O4/c1-9-6-23(8-15(9)21-10(2)25)18-14(20)5-12-16(26)13(19(27)28)7-24(11-3-4-11)17(12)22-18/h5,7,9,11,15H,3-4,6,8H2,1-2H3,(H,21,25)(H,27,28). The summed E-state index contributed by atoms with van der Waals surface area (Å²) in [5.41, 5.74) is -0.818. The first kappa shape index (κ1) is 18.4. The molecule has 1 aliphatic carbocycles. The number of pyridine rings is 2. The van der Waals surface area contributed by atoms with E-state index in [0.29, 0.717) is 18.7 Å². The Bertz CT molecular complexity index is 1050. The Morgan fingerprint density at radius 2 is 2.04 bits per heavy atom. The molecule has 0 bridgehead atoms. The number of aromatic carboxylic acids is 1. The smallest absolute Gasteiger partial charge is 0.341 e. The molecule has 3 heterocycles. The summed E-state index contributed by atoms with van der Waals surface area (Å²) in [6.45, 7) is 4.34. The molecular formula is C19H21FN4O4. The number of carboxylic acids is 1. The van der Waals surface area contributed by atoms with Crippen molar-refractivity contribution in [2.75, 3.05) is 18.0 Å². The number of fused-ring (bicyclic) bond motifs is 1. The summed E-state index contributed by atoms with van der Waals surface area (Å²) in [6, 6.07) is 1.04. The Balaban J connectivity index is 1.81. The van der Waals surface area contributed by atoms with E-state index in [2.05, 4.69) is 10.3 Å². The van der Waals surface area contributed by atoms with Gasteiger partial charge in [0, 0.05) is 32.3 Å². The first-order chi connectivity index (χ1) is 13.3. The first-order valence-corrected chi connectivity index (χ1v) is 9.27. The van der Waals surface area contributed by atoms with Gasteiger partial charge in [-0.1, -0.05) is 6.92 Å². The van der Waals surface area contributed by atoms with E-state index in [4.69, 9.17) is 0 Å². The molecule has 2 fully saturated rings. The minimum absolute atomic E-state index is 0.0290. The minimum Gasteiger partial charge on any atom is -0.477 e. The molecule has 1 aliphatic heterocycles. The Labute approximate surface area is 160 Å².